The zero-order chi connectivity index (χ0) is 22.1. The van der Waals surface area contributed by atoms with Crippen LogP contribution in [0.5, 0.6) is 5.75 Å². The second kappa shape index (κ2) is 11.2. The number of amides is 1. The van der Waals surface area contributed by atoms with E-state index in [1.54, 1.807) is 7.11 Å². The van der Waals surface area contributed by atoms with Gasteiger partial charge in [-0.1, -0.05) is 23.7 Å². The number of carbonyl (C=O) groups is 1. The van der Waals surface area contributed by atoms with Gasteiger partial charge in [0.1, 0.15) is 11.6 Å². The Morgan fingerprint density at radius 1 is 1.06 bits per heavy atom. The maximum atomic E-state index is 12.0. The van der Waals surface area contributed by atoms with Crippen molar-refractivity contribution in [2.45, 2.75) is 19.8 Å². The van der Waals surface area contributed by atoms with Crippen molar-refractivity contribution >= 4 is 35.0 Å². The Labute approximate surface area is 187 Å². The summed E-state index contributed by atoms with van der Waals surface area (Å²) in [6.45, 7) is 2.91. The fraction of sp³-hybridized carbons (Fsp3) is 0.261. The lowest BCUT2D eigenvalue weighted by Crippen LogP contribution is -2.29. The van der Waals surface area contributed by atoms with E-state index in [9.17, 15) is 4.79 Å². The lowest BCUT2D eigenvalue weighted by Gasteiger charge is -2.11. The van der Waals surface area contributed by atoms with Gasteiger partial charge in [-0.2, -0.15) is 4.98 Å². The first-order valence-electron chi connectivity index (χ1n) is 10.0. The minimum Gasteiger partial charge on any atom is -0.497 e. The molecule has 1 heterocycles. The number of methoxy groups -OCH3 is 1. The second-order valence-electron chi connectivity index (χ2n) is 6.98. The Balaban J connectivity index is 1.44. The highest BCUT2D eigenvalue weighted by Gasteiger charge is 2.05. The summed E-state index contributed by atoms with van der Waals surface area (Å²) in [6, 6.07) is 17.0. The van der Waals surface area contributed by atoms with Crippen LogP contribution in [0.25, 0.3) is 0 Å². The van der Waals surface area contributed by atoms with E-state index in [0.29, 0.717) is 42.7 Å². The predicted octanol–water partition coefficient (Wildman–Crippen LogP) is 4.35. The Morgan fingerprint density at radius 2 is 1.87 bits per heavy atom. The molecule has 0 bridgehead atoms. The van der Waals surface area contributed by atoms with Crippen molar-refractivity contribution in [3.63, 3.8) is 0 Å². The van der Waals surface area contributed by atoms with Gasteiger partial charge in [-0.3, -0.25) is 4.79 Å². The zero-order valence-corrected chi connectivity index (χ0v) is 18.4. The molecule has 3 N–H and O–H groups in total. The van der Waals surface area contributed by atoms with Crippen LogP contribution < -0.4 is 20.7 Å². The third-order valence-corrected chi connectivity index (χ3v) is 4.71. The first-order chi connectivity index (χ1) is 15.0. The average molecular weight is 440 g/mol. The van der Waals surface area contributed by atoms with E-state index < -0.39 is 0 Å². The van der Waals surface area contributed by atoms with Gasteiger partial charge in [0.25, 0.3) is 0 Å². The van der Waals surface area contributed by atoms with E-state index in [1.807, 2.05) is 61.5 Å². The summed E-state index contributed by atoms with van der Waals surface area (Å²) < 4.78 is 5.17. The van der Waals surface area contributed by atoms with Crippen LogP contribution in [0.1, 0.15) is 17.7 Å². The molecule has 2 aromatic carbocycles. The number of nitrogens with zero attached hydrogens (tertiary/aromatic N) is 2. The first-order valence-corrected chi connectivity index (χ1v) is 10.4. The lowest BCUT2D eigenvalue weighted by molar-refractivity contribution is -0.120. The highest BCUT2D eigenvalue weighted by Crippen LogP contribution is 2.20. The van der Waals surface area contributed by atoms with E-state index in [1.165, 1.54) is 0 Å². The number of aryl methyl sites for hydroxylation is 2. The van der Waals surface area contributed by atoms with Crippen molar-refractivity contribution in [1.29, 1.82) is 0 Å². The van der Waals surface area contributed by atoms with Crippen LogP contribution in [0, 0.1) is 6.92 Å². The third kappa shape index (κ3) is 7.46. The van der Waals surface area contributed by atoms with Gasteiger partial charge in [0, 0.05) is 42.0 Å². The summed E-state index contributed by atoms with van der Waals surface area (Å²) in [5.74, 6) is 1.98. The molecule has 0 saturated carbocycles. The number of ether oxygens (including phenoxy) is 1. The van der Waals surface area contributed by atoms with Gasteiger partial charge in [-0.25, -0.2) is 4.98 Å². The molecule has 3 rings (SSSR count). The molecule has 162 valence electrons. The summed E-state index contributed by atoms with van der Waals surface area (Å²) in [5.41, 5.74) is 2.78. The number of halogens is 1. The monoisotopic (exact) mass is 439 g/mol. The van der Waals surface area contributed by atoms with Crippen LogP contribution >= 0.6 is 11.6 Å². The molecule has 0 spiro atoms. The van der Waals surface area contributed by atoms with Crippen LogP contribution in [0.4, 0.5) is 17.5 Å². The van der Waals surface area contributed by atoms with Gasteiger partial charge in [-0.15, -0.1) is 0 Å². The number of aromatic nitrogens is 2. The summed E-state index contributed by atoms with van der Waals surface area (Å²) in [7, 11) is 1.63. The number of anilines is 3. The van der Waals surface area contributed by atoms with Gasteiger partial charge in [0.15, 0.2) is 0 Å². The van der Waals surface area contributed by atoms with Crippen LogP contribution in [0.15, 0.2) is 54.6 Å². The fourth-order valence-electron chi connectivity index (χ4n) is 2.95. The molecule has 31 heavy (non-hydrogen) atoms. The average Bonchev–Trinajstić information content (AvgIpc) is 2.75. The molecular formula is C23H26ClN5O2. The Hall–Kier alpha value is -3.32. The first kappa shape index (κ1) is 22.4. The highest BCUT2D eigenvalue weighted by molar-refractivity contribution is 6.30. The second-order valence-corrected chi connectivity index (χ2v) is 7.41. The molecule has 0 saturated heterocycles. The van der Waals surface area contributed by atoms with Crippen LogP contribution in [-0.2, 0) is 11.2 Å². The number of hydrogen-bond donors (Lipinski definition) is 3. The SMILES string of the molecule is COc1ccc(Nc2cc(C)nc(NCCNC(=O)CCc3cccc(Cl)c3)n2)cc1. The molecule has 3 aromatic rings. The molecule has 0 radical (unpaired) electrons. The molecule has 0 unspecified atom stereocenters. The summed E-state index contributed by atoms with van der Waals surface area (Å²) in [6.07, 6.45) is 1.07. The minimum absolute atomic E-state index is 0.00574. The molecule has 8 heteroatoms. The molecule has 1 amide bonds. The van der Waals surface area contributed by atoms with Crippen LogP contribution in [-0.4, -0.2) is 36.1 Å². The topological polar surface area (TPSA) is 88.2 Å². The predicted molar refractivity (Wildman–Crippen MR) is 124 cm³/mol. The summed E-state index contributed by atoms with van der Waals surface area (Å²) in [5, 5.41) is 9.99. The van der Waals surface area contributed by atoms with Crippen molar-refractivity contribution in [3.05, 3.63) is 70.9 Å². The van der Waals surface area contributed by atoms with Gasteiger partial charge < -0.3 is 20.7 Å². The molecule has 0 aliphatic rings. The molecular weight excluding hydrogens is 414 g/mol. The molecule has 0 atom stereocenters. The van der Waals surface area contributed by atoms with Crippen molar-refractivity contribution in [2.75, 3.05) is 30.8 Å². The van der Waals surface area contributed by atoms with Crippen molar-refractivity contribution in [2.24, 2.45) is 0 Å². The van der Waals surface area contributed by atoms with Crippen molar-refractivity contribution in [1.82, 2.24) is 15.3 Å². The van der Waals surface area contributed by atoms with Crippen LogP contribution in [0.2, 0.25) is 5.02 Å². The third-order valence-electron chi connectivity index (χ3n) is 4.48. The number of rotatable bonds is 10. The molecule has 0 aliphatic heterocycles. The van der Waals surface area contributed by atoms with Crippen molar-refractivity contribution in [3.8, 4) is 5.75 Å². The smallest absolute Gasteiger partial charge is 0.224 e. The van der Waals surface area contributed by atoms with Gasteiger partial charge in [0.05, 0.1) is 7.11 Å². The quantitative estimate of drug-likeness (QED) is 0.407. The molecule has 0 fully saturated rings. The highest BCUT2D eigenvalue weighted by atomic mass is 35.5. The van der Waals surface area contributed by atoms with E-state index >= 15 is 0 Å². The minimum atomic E-state index is -0.00574. The van der Waals surface area contributed by atoms with Gasteiger partial charge >= 0.3 is 0 Å². The summed E-state index contributed by atoms with van der Waals surface area (Å²) in [4.78, 5) is 20.9. The Bertz CT molecular complexity index is 1010. The zero-order valence-electron chi connectivity index (χ0n) is 17.6. The Morgan fingerprint density at radius 3 is 2.61 bits per heavy atom. The largest absolute Gasteiger partial charge is 0.497 e. The molecule has 7 nitrogen and oxygen atoms in total. The number of benzene rings is 2. The van der Waals surface area contributed by atoms with Crippen molar-refractivity contribution < 1.29 is 9.53 Å². The summed E-state index contributed by atoms with van der Waals surface area (Å²) >= 11 is 5.97. The van der Waals surface area contributed by atoms with E-state index in [4.69, 9.17) is 16.3 Å². The lowest BCUT2D eigenvalue weighted by atomic mass is 10.1. The van der Waals surface area contributed by atoms with E-state index in [-0.39, 0.29) is 5.91 Å². The van der Waals surface area contributed by atoms with Crippen LogP contribution in [0.3, 0.4) is 0 Å². The van der Waals surface area contributed by atoms with E-state index in [0.717, 1.165) is 22.7 Å². The number of carbonyl (C=O) groups excluding carboxylic acids is 1. The van der Waals surface area contributed by atoms with E-state index in [2.05, 4.69) is 25.9 Å². The maximum absolute atomic E-state index is 12.0. The molecule has 0 aliphatic carbocycles. The van der Waals surface area contributed by atoms with Gasteiger partial charge in [-0.05, 0) is 55.3 Å². The standard InChI is InChI=1S/C23H26ClN5O2/c1-16-14-21(28-19-7-9-20(31-2)10-8-19)29-23(27-16)26-13-12-25-22(30)11-6-17-4-3-5-18(24)15-17/h3-5,7-10,14-15H,6,11-13H2,1-2H3,(H,25,30)(H2,26,27,28,29). The fourth-order valence-corrected chi connectivity index (χ4v) is 3.16. The normalized spacial score (nSPS) is 10.4. The maximum Gasteiger partial charge on any atom is 0.224 e. The Kier molecular flexibility index (Phi) is 8.06. The number of nitrogens with one attached hydrogen (secondary N) is 3. The van der Waals surface area contributed by atoms with Gasteiger partial charge in [0.2, 0.25) is 11.9 Å². The number of hydrogen-bond acceptors (Lipinski definition) is 6. The molecule has 1 aromatic heterocycles.